The summed E-state index contributed by atoms with van der Waals surface area (Å²) >= 11 is 1.29. The minimum absolute atomic E-state index is 0.130. The van der Waals surface area contributed by atoms with Crippen LogP contribution in [0.15, 0.2) is 47.6 Å². The molecule has 1 unspecified atom stereocenters. The number of hydrogen-bond acceptors (Lipinski definition) is 6. The van der Waals surface area contributed by atoms with Crippen LogP contribution in [-0.4, -0.2) is 52.2 Å². The molecular weight excluding hydrogens is 429 g/mol. The third kappa shape index (κ3) is 4.78. The fourth-order valence-corrected chi connectivity index (χ4v) is 4.46. The van der Waals surface area contributed by atoms with Crippen LogP contribution in [0.3, 0.4) is 0 Å². The number of ether oxygens (including phenoxy) is 1. The van der Waals surface area contributed by atoms with Gasteiger partial charge in [-0.15, -0.1) is 10.2 Å². The van der Waals surface area contributed by atoms with E-state index in [1.807, 2.05) is 49.6 Å². The molecule has 2 heterocycles. The van der Waals surface area contributed by atoms with Crippen molar-refractivity contribution in [1.82, 2.24) is 14.8 Å². The third-order valence-corrected chi connectivity index (χ3v) is 6.40. The number of aromatic nitrogens is 3. The molecular formula is C23H26FN5O2S. The Kier molecular flexibility index (Phi) is 6.76. The fraction of sp³-hybridized carbons (Fsp3) is 0.348. The molecule has 1 aliphatic rings. The first-order valence-corrected chi connectivity index (χ1v) is 11.4. The summed E-state index contributed by atoms with van der Waals surface area (Å²) in [4.78, 5) is 15.0. The average Bonchev–Trinajstić information content (AvgIpc) is 3.20. The van der Waals surface area contributed by atoms with E-state index in [0.29, 0.717) is 43.1 Å². The van der Waals surface area contributed by atoms with Gasteiger partial charge in [0.15, 0.2) is 5.16 Å². The molecule has 0 bridgehead atoms. The molecule has 0 radical (unpaired) electrons. The summed E-state index contributed by atoms with van der Waals surface area (Å²) in [7, 11) is 0. The normalized spacial score (nSPS) is 14.9. The second kappa shape index (κ2) is 9.70. The topological polar surface area (TPSA) is 72.3 Å². The lowest BCUT2D eigenvalue weighted by molar-refractivity contribution is -0.115. The Balaban J connectivity index is 1.61. The van der Waals surface area contributed by atoms with E-state index in [2.05, 4.69) is 20.4 Å². The number of thioether (sulfide) groups is 1. The van der Waals surface area contributed by atoms with Crippen LogP contribution < -0.4 is 10.2 Å². The van der Waals surface area contributed by atoms with Crippen LogP contribution in [-0.2, 0) is 9.53 Å². The molecule has 1 fully saturated rings. The van der Waals surface area contributed by atoms with Gasteiger partial charge >= 0.3 is 0 Å². The maximum absolute atomic E-state index is 14.0. The highest BCUT2D eigenvalue weighted by molar-refractivity contribution is 8.00. The van der Waals surface area contributed by atoms with E-state index in [9.17, 15) is 9.18 Å². The van der Waals surface area contributed by atoms with Crippen molar-refractivity contribution < 1.29 is 13.9 Å². The van der Waals surface area contributed by atoms with Crippen molar-refractivity contribution in [2.75, 3.05) is 36.5 Å². The minimum Gasteiger partial charge on any atom is -0.378 e. The van der Waals surface area contributed by atoms with Crippen molar-refractivity contribution >= 4 is 29.3 Å². The number of hydrogen-bond donors (Lipinski definition) is 1. The van der Waals surface area contributed by atoms with Crippen LogP contribution in [0.5, 0.6) is 0 Å². The van der Waals surface area contributed by atoms with Gasteiger partial charge in [-0.2, -0.15) is 0 Å². The number of amides is 1. The van der Waals surface area contributed by atoms with Crippen molar-refractivity contribution in [3.63, 3.8) is 0 Å². The lowest BCUT2D eigenvalue weighted by Crippen LogP contribution is -2.38. The number of morpholine rings is 1. The van der Waals surface area contributed by atoms with E-state index in [0.717, 1.165) is 16.8 Å². The predicted molar refractivity (Wildman–Crippen MR) is 124 cm³/mol. The van der Waals surface area contributed by atoms with Gasteiger partial charge in [0.05, 0.1) is 24.2 Å². The zero-order chi connectivity index (χ0) is 22.7. The van der Waals surface area contributed by atoms with Gasteiger partial charge in [-0.25, -0.2) is 4.39 Å². The standard InChI is InChI=1S/C23H26FN5O2S/c1-15-6-4-7-16(2)20(15)25-21(30)17(3)32-23-27-26-22(28-10-12-31-13-11-28)29(23)19-9-5-8-18(24)14-19/h4-9,14,17H,10-13H2,1-3H3,(H,25,30). The highest BCUT2D eigenvalue weighted by atomic mass is 32.2. The average molecular weight is 456 g/mol. The van der Waals surface area contributed by atoms with Crippen molar-refractivity contribution in [3.8, 4) is 5.69 Å². The number of halogens is 1. The largest absolute Gasteiger partial charge is 0.378 e. The molecule has 2 aromatic carbocycles. The van der Waals surface area contributed by atoms with Crippen LogP contribution in [0.25, 0.3) is 5.69 Å². The van der Waals surface area contributed by atoms with E-state index in [4.69, 9.17) is 4.74 Å². The van der Waals surface area contributed by atoms with E-state index >= 15 is 0 Å². The Labute approximate surface area is 191 Å². The molecule has 1 aliphatic heterocycles. The first-order chi connectivity index (χ1) is 15.4. The molecule has 0 saturated carbocycles. The van der Waals surface area contributed by atoms with Gasteiger partial charge < -0.3 is 15.0 Å². The summed E-state index contributed by atoms with van der Waals surface area (Å²) in [5.74, 6) is 0.138. The first kappa shape index (κ1) is 22.3. The van der Waals surface area contributed by atoms with Crippen LogP contribution in [0.2, 0.25) is 0 Å². The predicted octanol–water partition coefficient (Wildman–Crippen LogP) is 3.98. The molecule has 9 heteroatoms. The minimum atomic E-state index is -0.442. The monoisotopic (exact) mass is 455 g/mol. The molecule has 3 aromatic rings. The molecule has 4 rings (SSSR count). The van der Waals surface area contributed by atoms with Gasteiger partial charge in [0.1, 0.15) is 5.82 Å². The molecule has 1 saturated heterocycles. The number of aryl methyl sites for hydroxylation is 2. The van der Waals surface area contributed by atoms with E-state index in [1.165, 1.54) is 23.9 Å². The lowest BCUT2D eigenvalue weighted by Gasteiger charge is -2.28. The Hall–Kier alpha value is -2.91. The van der Waals surface area contributed by atoms with Gasteiger partial charge in [0.25, 0.3) is 0 Å². The molecule has 0 spiro atoms. The maximum atomic E-state index is 14.0. The maximum Gasteiger partial charge on any atom is 0.237 e. The summed E-state index contributed by atoms with van der Waals surface area (Å²) in [5.41, 5.74) is 3.45. The zero-order valence-electron chi connectivity index (χ0n) is 18.3. The van der Waals surface area contributed by atoms with Crippen LogP contribution >= 0.6 is 11.8 Å². The van der Waals surface area contributed by atoms with Crippen LogP contribution in [0, 0.1) is 19.7 Å². The molecule has 32 heavy (non-hydrogen) atoms. The highest BCUT2D eigenvalue weighted by Gasteiger charge is 2.25. The second-order valence-corrected chi connectivity index (χ2v) is 9.02. The number of carbonyl (C=O) groups excluding carboxylic acids is 1. The number of benzene rings is 2. The molecule has 1 aromatic heterocycles. The Bertz CT molecular complexity index is 1090. The number of nitrogens with one attached hydrogen (secondary N) is 1. The smallest absolute Gasteiger partial charge is 0.237 e. The van der Waals surface area contributed by atoms with E-state index < -0.39 is 5.25 Å². The van der Waals surface area contributed by atoms with Gasteiger partial charge in [-0.1, -0.05) is 36.0 Å². The summed E-state index contributed by atoms with van der Waals surface area (Å²) in [6.07, 6.45) is 0. The molecule has 1 amide bonds. The zero-order valence-corrected chi connectivity index (χ0v) is 19.2. The quantitative estimate of drug-likeness (QED) is 0.567. The Morgan fingerprint density at radius 1 is 1.12 bits per heavy atom. The third-order valence-electron chi connectivity index (χ3n) is 5.36. The molecule has 168 valence electrons. The van der Waals surface area contributed by atoms with E-state index in [-0.39, 0.29) is 11.7 Å². The number of anilines is 2. The molecule has 0 aliphatic carbocycles. The van der Waals surface area contributed by atoms with Gasteiger partial charge in [0.2, 0.25) is 11.9 Å². The molecule has 1 atom stereocenters. The van der Waals surface area contributed by atoms with Crippen molar-refractivity contribution in [3.05, 3.63) is 59.4 Å². The highest BCUT2D eigenvalue weighted by Crippen LogP contribution is 2.31. The first-order valence-electron chi connectivity index (χ1n) is 10.5. The summed E-state index contributed by atoms with van der Waals surface area (Å²) in [5, 5.41) is 11.9. The SMILES string of the molecule is Cc1cccc(C)c1NC(=O)C(C)Sc1nnc(N2CCOCC2)n1-c1cccc(F)c1. The number of carbonyl (C=O) groups is 1. The molecule has 1 N–H and O–H groups in total. The van der Waals surface area contributed by atoms with Crippen molar-refractivity contribution in [1.29, 1.82) is 0 Å². The lowest BCUT2D eigenvalue weighted by atomic mass is 10.1. The van der Waals surface area contributed by atoms with E-state index in [1.54, 1.807) is 6.07 Å². The molecule has 7 nitrogen and oxygen atoms in total. The number of nitrogens with zero attached hydrogens (tertiary/aromatic N) is 4. The van der Waals surface area contributed by atoms with Crippen LogP contribution in [0.1, 0.15) is 18.1 Å². The van der Waals surface area contributed by atoms with Gasteiger partial charge in [-0.05, 0) is 50.1 Å². The number of rotatable bonds is 6. The second-order valence-electron chi connectivity index (χ2n) is 7.71. The fourth-order valence-electron chi connectivity index (χ4n) is 3.60. The van der Waals surface area contributed by atoms with Crippen molar-refractivity contribution in [2.45, 2.75) is 31.2 Å². The summed E-state index contributed by atoms with van der Waals surface area (Å²) in [6, 6.07) is 12.2. The van der Waals surface area contributed by atoms with Crippen LogP contribution in [0.4, 0.5) is 16.0 Å². The summed E-state index contributed by atoms with van der Waals surface area (Å²) in [6.45, 7) is 8.28. The Morgan fingerprint density at radius 3 is 2.50 bits per heavy atom. The Morgan fingerprint density at radius 2 is 1.81 bits per heavy atom. The van der Waals surface area contributed by atoms with Gasteiger partial charge in [-0.3, -0.25) is 9.36 Å². The van der Waals surface area contributed by atoms with Gasteiger partial charge in [0, 0.05) is 18.8 Å². The number of para-hydroxylation sites is 1. The summed E-state index contributed by atoms with van der Waals surface area (Å²) < 4.78 is 21.3. The van der Waals surface area contributed by atoms with Crippen molar-refractivity contribution in [2.24, 2.45) is 0 Å².